The number of H-pyrrole nitrogens is 1. The number of hydrogen-bond acceptors (Lipinski definition) is 12. The van der Waals surface area contributed by atoms with Gasteiger partial charge in [-0.25, -0.2) is 0 Å². The lowest BCUT2D eigenvalue weighted by Gasteiger charge is -2.41. The van der Waals surface area contributed by atoms with Gasteiger partial charge in [-0.2, -0.15) is 0 Å². The van der Waals surface area contributed by atoms with Crippen LogP contribution in [0.3, 0.4) is 0 Å². The number of piperidine rings is 1. The van der Waals surface area contributed by atoms with E-state index in [0.717, 1.165) is 29.3 Å². The van der Waals surface area contributed by atoms with Crippen LogP contribution in [-0.4, -0.2) is 174 Å². The van der Waals surface area contributed by atoms with Crippen LogP contribution in [0, 0.1) is 41.4 Å². The normalized spacial score (nSPS) is 19.5. The van der Waals surface area contributed by atoms with Crippen LogP contribution < -0.4 is 5.73 Å². The van der Waals surface area contributed by atoms with Gasteiger partial charge in [-0.1, -0.05) is 73.1 Å². The number of methoxy groups -OCH3 is 2. The summed E-state index contributed by atoms with van der Waals surface area (Å²) < 4.78 is 12.2. The van der Waals surface area contributed by atoms with E-state index >= 15 is 0 Å². The van der Waals surface area contributed by atoms with Gasteiger partial charge in [0.2, 0.25) is 35.4 Å². The third-order valence-corrected chi connectivity index (χ3v) is 17.7. The summed E-state index contributed by atoms with van der Waals surface area (Å²) >= 11 is 0. The van der Waals surface area contributed by atoms with Crippen molar-refractivity contribution in [1.29, 1.82) is 0 Å². The Labute approximate surface area is 469 Å². The molecule has 9 atom stereocenters. The monoisotopic (exact) mass is 1100 g/mol. The topological polar surface area (TPSA) is 230 Å². The molecule has 3 N–H and O–H groups in total. The van der Waals surface area contributed by atoms with Crippen molar-refractivity contribution in [3.63, 3.8) is 0 Å². The highest BCUT2D eigenvalue weighted by atomic mass is 16.5. The van der Waals surface area contributed by atoms with Crippen molar-refractivity contribution >= 4 is 63.7 Å². The number of para-hydroxylation sites is 1. The fourth-order valence-electron chi connectivity index (χ4n) is 12.8. The zero-order valence-corrected chi connectivity index (χ0v) is 49.5. The van der Waals surface area contributed by atoms with Gasteiger partial charge in [0.15, 0.2) is 5.78 Å². The van der Waals surface area contributed by atoms with E-state index in [-0.39, 0.29) is 116 Å². The van der Waals surface area contributed by atoms with Gasteiger partial charge in [0, 0.05) is 127 Å². The summed E-state index contributed by atoms with van der Waals surface area (Å²) in [6.07, 6.45) is 6.95. The summed E-state index contributed by atoms with van der Waals surface area (Å²) in [5.74, 6) is -3.40. The first-order chi connectivity index (χ1) is 37.5. The van der Waals surface area contributed by atoms with Gasteiger partial charge in [-0.15, -0.1) is 0 Å². The number of nitrogens with zero attached hydrogens (tertiary/aromatic N) is 5. The van der Waals surface area contributed by atoms with Gasteiger partial charge >= 0.3 is 0 Å². The molecule has 0 bridgehead atoms. The summed E-state index contributed by atoms with van der Waals surface area (Å²) in [5, 5.41) is 0.972. The molecule has 1 aromatic carbocycles. The molecule has 0 unspecified atom stereocenters. The van der Waals surface area contributed by atoms with Crippen LogP contribution in [0.4, 0.5) is 0 Å². The largest absolute Gasteiger partial charge is 0.379 e. The van der Waals surface area contributed by atoms with Gasteiger partial charge in [0.05, 0.1) is 36.8 Å². The second-order valence-corrected chi connectivity index (χ2v) is 23.8. The number of Topliss-reactive ketones (excluding diaryl/α,β-unsaturated/α-hetero) is 3. The lowest BCUT2D eigenvalue weighted by molar-refractivity contribution is -0.149. The molecule has 18 nitrogen and oxygen atoms in total. The van der Waals surface area contributed by atoms with E-state index in [1.165, 1.54) is 4.90 Å². The molecule has 0 radical (unpaired) electrons. The number of benzene rings is 1. The van der Waals surface area contributed by atoms with E-state index in [4.69, 9.17) is 15.2 Å². The van der Waals surface area contributed by atoms with Gasteiger partial charge in [-0.3, -0.25) is 53.0 Å². The highest BCUT2D eigenvalue weighted by Crippen LogP contribution is 2.33. The molecule has 0 aliphatic carbocycles. The standard InChI is InChI=1S/C61H95N7O11/c1-12-40(6)58(52(78-10)36-56(75)67-28-16-21-49(67)59(79-11)41(7)50(70)34-43(60(62)76)33-44-37-63-48-20-14-13-19-46(44)48)65(9)61(77)47(38(2)3)35-51(71)57(39(4)5)64(8)27-15-18-45(69)32-42-25-30-66(31-26-42)53(72)22-17-29-68-54(73)23-24-55(68)74/h13-14,19-20,37-43,47,49,52,57-59,63H,12,15-18,21-36H2,1-11H3,(H2,62,76)/t40-,41-,43+,47-,49-,52+,57-,58-,59+/m0/s1. The Morgan fingerprint density at radius 3 is 2.08 bits per heavy atom. The SMILES string of the molecule is CC[C@H](C)[C@@H]([C@@H](CC(=O)N1CCC[C@H]1[C@H](OC)[C@@H](C)C(=O)C[C@@H](Cc1c[nH]c2ccccc12)C(N)=O)OC)N(C)C(=O)[C@@H](CC(=O)[C@H](C(C)C)N(C)CCCC(=O)CC1CCN(C(=O)CCCN2C(=O)CCC2=O)CC1)C(C)C. The van der Waals surface area contributed by atoms with Crippen LogP contribution in [0.15, 0.2) is 30.5 Å². The highest BCUT2D eigenvalue weighted by molar-refractivity contribution is 6.02. The van der Waals surface area contributed by atoms with Crippen molar-refractivity contribution in [3.05, 3.63) is 36.0 Å². The zero-order valence-electron chi connectivity index (χ0n) is 49.5. The van der Waals surface area contributed by atoms with E-state index in [0.29, 0.717) is 77.5 Å². The minimum absolute atomic E-state index is 0.0109. The van der Waals surface area contributed by atoms with Crippen molar-refractivity contribution < 1.29 is 52.6 Å². The molecule has 18 heteroatoms. The average molecular weight is 1100 g/mol. The Hall–Kier alpha value is -5.33. The molecule has 6 amide bonds. The molecule has 79 heavy (non-hydrogen) atoms. The summed E-state index contributed by atoms with van der Waals surface area (Å²) in [5.41, 5.74) is 7.73. The molecule has 0 spiro atoms. The fraction of sp³-hybridized carbons (Fsp3) is 0.721. The first-order valence-electron chi connectivity index (χ1n) is 29.4. The molecular formula is C61H95N7O11. The molecule has 5 rings (SSSR count). The molecule has 1 aromatic heterocycles. The van der Waals surface area contributed by atoms with E-state index in [9.17, 15) is 43.2 Å². The Balaban J connectivity index is 1.14. The quantitative estimate of drug-likeness (QED) is 0.0705. The minimum Gasteiger partial charge on any atom is -0.379 e. The van der Waals surface area contributed by atoms with E-state index < -0.39 is 54.0 Å². The molecule has 4 heterocycles. The molecule has 440 valence electrons. The van der Waals surface area contributed by atoms with Crippen LogP contribution >= 0.6 is 0 Å². The number of ether oxygens (including phenoxy) is 2. The van der Waals surface area contributed by atoms with Crippen molar-refractivity contribution in [3.8, 4) is 0 Å². The van der Waals surface area contributed by atoms with Crippen molar-refractivity contribution in [2.24, 2.45) is 47.2 Å². The molecule has 3 aliphatic rings. The highest BCUT2D eigenvalue weighted by Gasteiger charge is 2.44. The maximum atomic E-state index is 14.8. The zero-order chi connectivity index (χ0) is 58.2. The molecule has 2 aromatic rings. The third kappa shape index (κ3) is 17.1. The van der Waals surface area contributed by atoms with Crippen LogP contribution in [0.25, 0.3) is 10.9 Å². The van der Waals surface area contributed by atoms with Crippen LogP contribution in [0.5, 0.6) is 0 Å². The number of rotatable bonds is 33. The molecule has 3 saturated heterocycles. The maximum absolute atomic E-state index is 14.8. The van der Waals surface area contributed by atoms with Gasteiger partial charge < -0.3 is 34.9 Å². The van der Waals surface area contributed by atoms with E-state index in [2.05, 4.69) is 4.98 Å². The minimum atomic E-state index is -0.726. The molecule has 3 aliphatic heterocycles. The number of aromatic nitrogens is 1. The number of likely N-dealkylation sites (N-methyl/N-ethyl adjacent to an activating group) is 2. The Kier molecular flexibility index (Phi) is 24.9. The summed E-state index contributed by atoms with van der Waals surface area (Å²) in [7, 11) is 6.76. The smallest absolute Gasteiger partial charge is 0.229 e. The van der Waals surface area contributed by atoms with Crippen LogP contribution in [0.2, 0.25) is 0 Å². The number of primary amides is 1. The maximum Gasteiger partial charge on any atom is 0.229 e. The molecule has 3 fully saturated rings. The number of likely N-dealkylation sites (tertiary alicyclic amines) is 3. The molecular weight excluding hydrogens is 1010 g/mol. The van der Waals surface area contributed by atoms with Gasteiger partial charge in [0.1, 0.15) is 11.6 Å². The third-order valence-electron chi connectivity index (χ3n) is 17.7. The number of hydrogen-bond donors (Lipinski definition) is 2. The lowest BCUT2D eigenvalue weighted by atomic mass is 9.83. The van der Waals surface area contributed by atoms with Crippen molar-refractivity contribution in [1.82, 2.24) is 29.5 Å². The van der Waals surface area contributed by atoms with E-state index in [1.807, 2.05) is 88.9 Å². The number of imide groups is 1. The van der Waals surface area contributed by atoms with Gasteiger partial charge in [-0.05, 0) is 93.8 Å². The predicted molar refractivity (Wildman–Crippen MR) is 303 cm³/mol. The number of nitrogens with one attached hydrogen (secondary N) is 1. The second-order valence-electron chi connectivity index (χ2n) is 23.8. The van der Waals surface area contributed by atoms with Gasteiger partial charge in [0.25, 0.3) is 0 Å². The first-order valence-corrected chi connectivity index (χ1v) is 29.4. The predicted octanol–water partition coefficient (Wildman–Crippen LogP) is 6.79. The summed E-state index contributed by atoms with van der Waals surface area (Å²) in [6, 6.07) is 6.40. The molecule has 0 saturated carbocycles. The number of carbonyl (C=O) groups is 9. The van der Waals surface area contributed by atoms with Crippen molar-refractivity contribution in [2.45, 2.75) is 182 Å². The summed E-state index contributed by atoms with van der Waals surface area (Å²) in [4.78, 5) is 132. The fourth-order valence-corrected chi connectivity index (χ4v) is 12.8. The van der Waals surface area contributed by atoms with Crippen molar-refractivity contribution in [2.75, 3.05) is 61.0 Å². The average Bonchev–Trinajstić information content (AvgIpc) is 4.18. The number of amides is 6. The second kappa shape index (κ2) is 30.5. The first kappa shape index (κ1) is 64.5. The number of ketones is 3. The number of carbonyl (C=O) groups excluding carboxylic acids is 9. The Morgan fingerprint density at radius 1 is 0.797 bits per heavy atom. The number of aromatic amines is 1. The number of fused-ring (bicyclic) bond motifs is 1. The van der Waals surface area contributed by atoms with E-state index in [1.54, 1.807) is 38.0 Å². The Morgan fingerprint density at radius 2 is 1.47 bits per heavy atom. The van der Waals surface area contributed by atoms with Crippen LogP contribution in [0.1, 0.15) is 150 Å². The summed E-state index contributed by atoms with van der Waals surface area (Å²) in [6.45, 7) is 16.2. The Bertz CT molecular complexity index is 2400. The lowest BCUT2D eigenvalue weighted by Crippen LogP contribution is -2.54. The number of nitrogens with two attached hydrogens (primary N) is 1. The van der Waals surface area contributed by atoms with Crippen LogP contribution in [-0.2, 0) is 59.0 Å².